The molecule has 3 atom stereocenters. The van der Waals surface area contributed by atoms with Gasteiger partial charge in [0.15, 0.2) is 0 Å². The van der Waals surface area contributed by atoms with Crippen LogP contribution in [0.2, 0.25) is 0 Å². The number of carbonyl (C=O) groups is 2. The van der Waals surface area contributed by atoms with Crippen molar-refractivity contribution in [1.29, 1.82) is 0 Å². The summed E-state index contributed by atoms with van der Waals surface area (Å²) in [6.45, 7) is 8.84. The fourth-order valence-corrected chi connectivity index (χ4v) is 4.74. The molecule has 0 bridgehead atoms. The van der Waals surface area contributed by atoms with E-state index in [1.54, 1.807) is 6.07 Å². The molecule has 0 spiro atoms. The SMILES string of the molecule is CC(=O)OCCNC(=O)[C@@H](Cc1ccccc1)CN1CC[C@@](C)(c2cccc(O)c2)[C@@H](C)C1. The van der Waals surface area contributed by atoms with E-state index in [9.17, 15) is 14.7 Å². The molecule has 3 rings (SSSR count). The minimum Gasteiger partial charge on any atom is -0.508 e. The summed E-state index contributed by atoms with van der Waals surface area (Å²) in [5.41, 5.74) is 2.28. The van der Waals surface area contributed by atoms with Crippen LogP contribution < -0.4 is 5.32 Å². The molecule has 1 amide bonds. The fourth-order valence-electron chi connectivity index (χ4n) is 4.74. The van der Waals surface area contributed by atoms with Gasteiger partial charge in [-0.1, -0.05) is 56.3 Å². The number of rotatable bonds is 9. The number of amides is 1. The van der Waals surface area contributed by atoms with Crippen molar-refractivity contribution in [3.8, 4) is 5.75 Å². The van der Waals surface area contributed by atoms with Crippen molar-refractivity contribution in [3.63, 3.8) is 0 Å². The lowest BCUT2D eigenvalue weighted by Crippen LogP contribution is -2.50. The Bertz CT molecular complexity index is 933. The number of hydrogen-bond acceptors (Lipinski definition) is 5. The summed E-state index contributed by atoms with van der Waals surface area (Å²) in [5.74, 6) is 0.123. The molecule has 178 valence electrons. The van der Waals surface area contributed by atoms with Gasteiger partial charge in [0.05, 0.1) is 12.5 Å². The lowest BCUT2D eigenvalue weighted by atomic mass is 9.68. The van der Waals surface area contributed by atoms with Crippen molar-refractivity contribution in [2.75, 3.05) is 32.8 Å². The second kappa shape index (κ2) is 11.3. The molecule has 6 nitrogen and oxygen atoms in total. The van der Waals surface area contributed by atoms with Crippen molar-refractivity contribution in [1.82, 2.24) is 10.2 Å². The van der Waals surface area contributed by atoms with Crippen molar-refractivity contribution in [2.24, 2.45) is 11.8 Å². The summed E-state index contributed by atoms with van der Waals surface area (Å²) in [7, 11) is 0. The smallest absolute Gasteiger partial charge is 0.302 e. The van der Waals surface area contributed by atoms with Gasteiger partial charge in [-0.2, -0.15) is 0 Å². The molecular formula is C27H36N2O4. The zero-order valence-electron chi connectivity index (χ0n) is 19.9. The first kappa shape index (κ1) is 24.8. The number of likely N-dealkylation sites (tertiary alicyclic amines) is 1. The number of benzene rings is 2. The van der Waals surface area contributed by atoms with Crippen LogP contribution in [0.3, 0.4) is 0 Å². The summed E-state index contributed by atoms with van der Waals surface area (Å²) in [5, 5.41) is 12.9. The second-order valence-corrected chi connectivity index (χ2v) is 9.40. The third-order valence-electron chi connectivity index (χ3n) is 6.95. The van der Waals surface area contributed by atoms with Gasteiger partial charge in [0, 0.05) is 20.0 Å². The van der Waals surface area contributed by atoms with Crippen LogP contribution in [0.5, 0.6) is 5.75 Å². The van der Waals surface area contributed by atoms with Gasteiger partial charge >= 0.3 is 5.97 Å². The van der Waals surface area contributed by atoms with Gasteiger partial charge in [0.2, 0.25) is 5.91 Å². The van der Waals surface area contributed by atoms with Crippen molar-refractivity contribution in [3.05, 3.63) is 65.7 Å². The van der Waals surface area contributed by atoms with E-state index in [-0.39, 0.29) is 29.8 Å². The molecule has 1 heterocycles. The van der Waals surface area contributed by atoms with E-state index in [2.05, 4.69) is 42.3 Å². The van der Waals surface area contributed by atoms with E-state index in [4.69, 9.17) is 4.74 Å². The fraction of sp³-hybridized carbons (Fsp3) is 0.481. The molecule has 0 saturated carbocycles. The first-order chi connectivity index (χ1) is 15.8. The third-order valence-corrected chi connectivity index (χ3v) is 6.95. The first-order valence-corrected chi connectivity index (χ1v) is 11.7. The minimum absolute atomic E-state index is 0.0139. The Balaban J connectivity index is 1.65. The van der Waals surface area contributed by atoms with Gasteiger partial charge in [-0.25, -0.2) is 0 Å². The van der Waals surface area contributed by atoms with Crippen LogP contribution in [-0.2, 0) is 26.2 Å². The number of carbonyl (C=O) groups excluding carboxylic acids is 2. The Labute approximate surface area is 196 Å². The summed E-state index contributed by atoms with van der Waals surface area (Å²) in [4.78, 5) is 26.4. The highest BCUT2D eigenvalue weighted by Gasteiger charge is 2.39. The maximum Gasteiger partial charge on any atom is 0.302 e. The van der Waals surface area contributed by atoms with E-state index in [1.807, 2.05) is 30.3 Å². The molecule has 0 aliphatic carbocycles. The molecule has 0 radical (unpaired) electrons. The normalized spacial score (nSPS) is 21.8. The van der Waals surface area contributed by atoms with Gasteiger partial charge in [0.1, 0.15) is 12.4 Å². The Morgan fingerprint density at radius 3 is 2.64 bits per heavy atom. The van der Waals surface area contributed by atoms with Crippen LogP contribution >= 0.6 is 0 Å². The molecular weight excluding hydrogens is 416 g/mol. The highest BCUT2D eigenvalue weighted by molar-refractivity contribution is 5.79. The van der Waals surface area contributed by atoms with E-state index in [1.165, 1.54) is 12.5 Å². The third kappa shape index (κ3) is 6.81. The standard InChI is InChI=1S/C27H36N2O4/c1-20-18-29(14-12-27(20,3)24-10-7-11-25(31)17-24)19-23(16-22-8-5-4-6-9-22)26(32)28-13-15-33-21(2)30/h4-11,17,20,23,31H,12-16,18-19H2,1-3H3,(H,28,32)/t20-,23-,27+/m0/s1. The Morgan fingerprint density at radius 1 is 1.21 bits per heavy atom. The molecule has 6 heteroatoms. The zero-order valence-corrected chi connectivity index (χ0v) is 19.9. The minimum atomic E-state index is -0.345. The van der Waals surface area contributed by atoms with E-state index in [0.717, 1.165) is 25.1 Å². The number of ether oxygens (including phenoxy) is 1. The van der Waals surface area contributed by atoms with Crippen molar-refractivity contribution in [2.45, 2.75) is 39.0 Å². The van der Waals surface area contributed by atoms with Crippen LogP contribution in [-0.4, -0.2) is 54.7 Å². The van der Waals surface area contributed by atoms with Crippen LogP contribution in [0.4, 0.5) is 0 Å². The predicted octanol–water partition coefficient (Wildman–Crippen LogP) is 3.53. The van der Waals surface area contributed by atoms with Crippen molar-refractivity contribution >= 4 is 11.9 Å². The molecule has 1 aliphatic heterocycles. The molecule has 1 saturated heterocycles. The second-order valence-electron chi connectivity index (χ2n) is 9.40. The van der Waals surface area contributed by atoms with Gasteiger partial charge in [-0.3, -0.25) is 9.59 Å². The zero-order chi connectivity index (χ0) is 23.8. The number of esters is 1. The number of nitrogens with one attached hydrogen (secondary N) is 1. The summed E-state index contributed by atoms with van der Waals surface area (Å²) >= 11 is 0. The number of phenols is 1. The van der Waals surface area contributed by atoms with E-state index >= 15 is 0 Å². The van der Waals surface area contributed by atoms with Crippen LogP contribution in [0.25, 0.3) is 0 Å². The van der Waals surface area contributed by atoms with Gasteiger partial charge in [0.25, 0.3) is 0 Å². The molecule has 2 N–H and O–H groups in total. The molecule has 0 unspecified atom stereocenters. The van der Waals surface area contributed by atoms with Gasteiger partial charge in [-0.05, 0) is 54.0 Å². The number of aromatic hydroxyl groups is 1. The molecule has 0 aromatic heterocycles. The molecule has 33 heavy (non-hydrogen) atoms. The van der Waals surface area contributed by atoms with E-state index < -0.39 is 0 Å². The number of hydrogen-bond donors (Lipinski definition) is 2. The summed E-state index contributed by atoms with van der Waals surface area (Å²) in [6, 6.07) is 17.7. The summed E-state index contributed by atoms with van der Waals surface area (Å²) < 4.78 is 4.95. The highest BCUT2D eigenvalue weighted by atomic mass is 16.5. The monoisotopic (exact) mass is 452 g/mol. The van der Waals surface area contributed by atoms with Crippen LogP contribution in [0.1, 0.15) is 38.3 Å². The molecule has 2 aromatic rings. The van der Waals surface area contributed by atoms with Crippen LogP contribution in [0, 0.1) is 11.8 Å². The number of phenolic OH excluding ortho intramolecular Hbond substituents is 1. The molecule has 1 aliphatic rings. The molecule has 2 aromatic carbocycles. The van der Waals surface area contributed by atoms with Crippen molar-refractivity contribution < 1.29 is 19.4 Å². The first-order valence-electron chi connectivity index (χ1n) is 11.7. The Morgan fingerprint density at radius 2 is 1.97 bits per heavy atom. The molecule has 1 fully saturated rings. The lowest BCUT2D eigenvalue weighted by molar-refractivity contribution is -0.141. The number of piperidine rings is 1. The topological polar surface area (TPSA) is 78.9 Å². The summed E-state index contributed by atoms with van der Waals surface area (Å²) in [6.07, 6.45) is 1.62. The van der Waals surface area contributed by atoms with Gasteiger partial charge in [-0.15, -0.1) is 0 Å². The maximum atomic E-state index is 13.0. The highest BCUT2D eigenvalue weighted by Crippen LogP contribution is 2.40. The average Bonchev–Trinajstić information content (AvgIpc) is 2.79. The predicted molar refractivity (Wildman–Crippen MR) is 129 cm³/mol. The Kier molecular flexibility index (Phi) is 8.50. The number of nitrogens with zero attached hydrogens (tertiary/aromatic N) is 1. The quantitative estimate of drug-likeness (QED) is 0.450. The van der Waals surface area contributed by atoms with E-state index in [0.29, 0.717) is 31.2 Å². The largest absolute Gasteiger partial charge is 0.508 e. The lowest BCUT2D eigenvalue weighted by Gasteiger charge is -2.45. The van der Waals surface area contributed by atoms with Gasteiger partial charge < -0.3 is 20.1 Å². The maximum absolute atomic E-state index is 13.0. The average molecular weight is 453 g/mol. The van der Waals surface area contributed by atoms with Crippen LogP contribution in [0.15, 0.2) is 54.6 Å². The Hall–Kier alpha value is -2.86.